The minimum Gasteiger partial charge on any atom is -0.354 e. The number of carbonyl (C=O) groups excluding carboxylic acids is 2. The van der Waals surface area contributed by atoms with Crippen LogP contribution in [0.25, 0.3) is 0 Å². The van der Waals surface area contributed by atoms with Gasteiger partial charge in [0.25, 0.3) is 10.0 Å². The van der Waals surface area contributed by atoms with Gasteiger partial charge in [0.05, 0.1) is 16.1 Å². The Morgan fingerprint density at radius 1 is 0.830 bits per heavy atom. The number of hydrogen-bond donors (Lipinski definition) is 1. The molecule has 0 spiro atoms. The van der Waals surface area contributed by atoms with Crippen LogP contribution < -0.4 is 9.62 Å². The van der Waals surface area contributed by atoms with Gasteiger partial charge < -0.3 is 10.2 Å². The van der Waals surface area contributed by atoms with Gasteiger partial charge in [0.15, 0.2) is 0 Å². The van der Waals surface area contributed by atoms with Crippen molar-refractivity contribution >= 4 is 27.5 Å². The molecule has 2 amide bonds. The number of rotatable bonds is 14. The first-order valence-corrected chi connectivity index (χ1v) is 16.4. The summed E-state index contributed by atoms with van der Waals surface area (Å²) in [6.07, 6.45) is -3.26. The molecular formula is C35H35F4N3O4S. The van der Waals surface area contributed by atoms with Crippen LogP contribution in [0, 0.1) is 5.82 Å². The molecule has 0 bridgehead atoms. The lowest BCUT2D eigenvalue weighted by Gasteiger charge is -2.34. The van der Waals surface area contributed by atoms with Crippen molar-refractivity contribution in [3.63, 3.8) is 0 Å². The summed E-state index contributed by atoms with van der Waals surface area (Å²) in [6, 6.07) is 23.8. The summed E-state index contributed by atoms with van der Waals surface area (Å²) in [6.45, 7) is 1.15. The average molecular weight is 670 g/mol. The molecule has 0 unspecified atom stereocenters. The van der Waals surface area contributed by atoms with Crippen molar-refractivity contribution in [1.82, 2.24) is 10.2 Å². The van der Waals surface area contributed by atoms with Crippen LogP contribution in [-0.2, 0) is 38.8 Å². The summed E-state index contributed by atoms with van der Waals surface area (Å²) in [5.41, 5.74) is -0.315. The molecule has 0 aromatic heterocycles. The fourth-order valence-corrected chi connectivity index (χ4v) is 6.36. The van der Waals surface area contributed by atoms with Crippen LogP contribution in [0.1, 0.15) is 36.5 Å². The van der Waals surface area contributed by atoms with Gasteiger partial charge in [-0.1, -0.05) is 80.1 Å². The zero-order valence-corrected chi connectivity index (χ0v) is 26.5. The van der Waals surface area contributed by atoms with Gasteiger partial charge in [-0.2, -0.15) is 13.2 Å². The van der Waals surface area contributed by atoms with E-state index in [1.807, 2.05) is 6.92 Å². The van der Waals surface area contributed by atoms with Gasteiger partial charge in [-0.3, -0.25) is 13.9 Å². The third-order valence-electron chi connectivity index (χ3n) is 7.44. The smallest absolute Gasteiger partial charge is 0.354 e. The number of hydrogen-bond acceptors (Lipinski definition) is 4. The van der Waals surface area contributed by atoms with Crippen LogP contribution in [-0.4, -0.2) is 44.3 Å². The Kier molecular flexibility index (Phi) is 11.8. The van der Waals surface area contributed by atoms with E-state index in [4.69, 9.17) is 0 Å². The number of carbonyl (C=O) groups is 2. The zero-order chi connectivity index (χ0) is 34.0. The van der Waals surface area contributed by atoms with Gasteiger partial charge in [-0.15, -0.1) is 0 Å². The highest BCUT2D eigenvalue weighted by Crippen LogP contribution is 2.33. The number of halogens is 4. The number of alkyl halides is 3. The summed E-state index contributed by atoms with van der Waals surface area (Å²) < 4.78 is 83.5. The molecule has 0 radical (unpaired) electrons. The Morgan fingerprint density at radius 3 is 2.09 bits per heavy atom. The minimum absolute atomic E-state index is 0.0563. The summed E-state index contributed by atoms with van der Waals surface area (Å²) >= 11 is 0. The maximum atomic E-state index is 14.4. The van der Waals surface area contributed by atoms with Crippen molar-refractivity contribution < 1.29 is 35.6 Å². The number of amides is 2. The van der Waals surface area contributed by atoms with Crippen molar-refractivity contribution in [2.24, 2.45) is 0 Å². The highest BCUT2D eigenvalue weighted by Gasteiger charge is 2.36. The van der Waals surface area contributed by atoms with E-state index in [2.05, 4.69) is 5.32 Å². The Morgan fingerprint density at radius 2 is 1.47 bits per heavy atom. The van der Waals surface area contributed by atoms with Gasteiger partial charge in [-0.25, -0.2) is 12.8 Å². The Balaban J connectivity index is 1.82. The predicted molar refractivity (Wildman–Crippen MR) is 171 cm³/mol. The summed E-state index contributed by atoms with van der Waals surface area (Å²) in [5, 5.41) is 2.85. The molecule has 12 heteroatoms. The zero-order valence-electron chi connectivity index (χ0n) is 25.7. The molecular weight excluding hydrogens is 634 g/mol. The summed E-state index contributed by atoms with van der Waals surface area (Å²) in [4.78, 5) is 29.0. The van der Waals surface area contributed by atoms with Crippen LogP contribution in [0.15, 0.2) is 114 Å². The molecule has 1 N–H and O–H groups in total. The lowest BCUT2D eigenvalue weighted by Crippen LogP contribution is -2.53. The maximum Gasteiger partial charge on any atom is 0.416 e. The van der Waals surface area contributed by atoms with Crippen LogP contribution in [0.4, 0.5) is 23.2 Å². The Bertz CT molecular complexity index is 1740. The molecule has 248 valence electrons. The topological polar surface area (TPSA) is 86.8 Å². The molecule has 4 aromatic carbocycles. The van der Waals surface area contributed by atoms with Crippen LogP contribution in [0.5, 0.6) is 0 Å². The first-order valence-electron chi connectivity index (χ1n) is 15.0. The number of unbranched alkanes of at least 4 members (excludes halogenated alkanes) is 1. The number of benzene rings is 4. The van der Waals surface area contributed by atoms with E-state index >= 15 is 0 Å². The van der Waals surface area contributed by atoms with E-state index in [1.54, 1.807) is 36.4 Å². The third-order valence-corrected chi connectivity index (χ3v) is 9.23. The molecule has 0 fully saturated rings. The number of nitrogens with zero attached hydrogens (tertiary/aromatic N) is 2. The molecule has 0 heterocycles. The first-order chi connectivity index (χ1) is 22.4. The second kappa shape index (κ2) is 15.7. The highest BCUT2D eigenvalue weighted by atomic mass is 32.2. The van der Waals surface area contributed by atoms with Crippen molar-refractivity contribution in [2.45, 2.75) is 49.8 Å². The van der Waals surface area contributed by atoms with Crippen LogP contribution in [0.2, 0.25) is 0 Å². The quantitative estimate of drug-likeness (QED) is 0.121. The second-order valence-corrected chi connectivity index (χ2v) is 12.7. The SMILES string of the molecule is CCCCNC(=O)[C@@H](Cc1ccccc1)N(Cc1ccc(F)cc1)C(=O)CN(c1cccc(C(F)(F)F)c1)S(=O)(=O)c1ccccc1. The standard InChI is InChI=1S/C35H35F4N3O4S/c1-2-3-21-40-34(44)32(22-26-11-6-4-7-12-26)41(24-27-17-19-29(36)20-18-27)33(43)25-42(47(45,46)31-15-8-5-9-16-31)30-14-10-13-28(23-30)35(37,38)39/h4-20,23,32H,2-3,21-22,24-25H2,1H3,(H,40,44)/t32-/m1/s1. The van der Waals surface area contributed by atoms with Crippen molar-refractivity contribution in [3.8, 4) is 0 Å². The summed E-state index contributed by atoms with van der Waals surface area (Å²) in [5.74, 6) is -1.86. The van der Waals surface area contributed by atoms with Gasteiger partial charge in [0.2, 0.25) is 11.8 Å². The average Bonchev–Trinajstić information content (AvgIpc) is 3.06. The van der Waals surface area contributed by atoms with E-state index in [0.29, 0.717) is 34.5 Å². The summed E-state index contributed by atoms with van der Waals surface area (Å²) in [7, 11) is -4.58. The van der Waals surface area contributed by atoms with Gasteiger partial charge in [0, 0.05) is 19.5 Å². The Labute approximate surface area is 271 Å². The monoisotopic (exact) mass is 669 g/mol. The van der Waals surface area contributed by atoms with E-state index in [9.17, 15) is 35.6 Å². The highest BCUT2D eigenvalue weighted by molar-refractivity contribution is 7.92. The van der Waals surface area contributed by atoms with E-state index in [0.717, 1.165) is 18.6 Å². The molecule has 4 aromatic rings. The second-order valence-electron chi connectivity index (χ2n) is 10.9. The van der Waals surface area contributed by atoms with Gasteiger partial charge in [-0.05, 0) is 60.0 Å². The molecule has 0 aliphatic heterocycles. The molecule has 0 aliphatic carbocycles. The molecule has 0 aliphatic rings. The molecule has 47 heavy (non-hydrogen) atoms. The van der Waals surface area contributed by atoms with Crippen molar-refractivity contribution in [2.75, 3.05) is 17.4 Å². The van der Waals surface area contributed by atoms with Crippen LogP contribution >= 0.6 is 0 Å². The third kappa shape index (κ3) is 9.41. The van der Waals surface area contributed by atoms with Gasteiger partial charge in [0.1, 0.15) is 18.4 Å². The fourth-order valence-electron chi connectivity index (χ4n) is 4.93. The fraction of sp³-hybridized carbons (Fsp3) is 0.257. The first kappa shape index (κ1) is 35.1. The van der Waals surface area contributed by atoms with E-state index in [1.165, 1.54) is 59.5 Å². The molecule has 0 saturated carbocycles. The number of anilines is 1. The lowest BCUT2D eigenvalue weighted by molar-refractivity contribution is -0.140. The number of nitrogens with one attached hydrogen (secondary N) is 1. The van der Waals surface area contributed by atoms with E-state index in [-0.39, 0.29) is 23.5 Å². The van der Waals surface area contributed by atoms with Crippen LogP contribution in [0.3, 0.4) is 0 Å². The normalized spacial score (nSPS) is 12.3. The molecule has 0 saturated heterocycles. The maximum absolute atomic E-state index is 14.4. The molecule has 1 atom stereocenters. The largest absolute Gasteiger partial charge is 0.416 e. The Hall–Kier alpha value is -4.71. The van der Waals surface area contributed by atoms with Crippen molar-refractivity contribution in [1.29, 1.82) is 0 Å². The molecule has 4 rings (SSSR count). The van der Waals surface area contributed by atoms with E-state index < -0.39 is 52.0 Å². The minimum atomic E-state index is -4.78. The predicted octanol–water partition coefficient (Wildman–Crippen LogP) is 6.60. The van der Waals surface area contributed by atoms with Crippen molar-refractivity contribution in [3.05, 3.63) is 132 Å². The lowest BCUT2D eigenvalue weighted by atomic mass is 10.0. The molecule has 7 nitrogen and oxygen atoms in total. The number of sulfonamides is 1. The van der Waals surface area contributed by atoms with Gasteiger partial charge >= 0.3 is 6.18 Å².